The van der Waals surface area contributed by atoms with Gasteiger partial charge in [-0.1, -0.05) is 32.0 Å². The van der Waals surface area contributed by atoms with Gasteiger partial charge in [-0.2, -0.15) is 5.26 Å². The Kier molecular flexibility index (Phi) is 7.13. The van der Waals surface area contributed by atoms with Crippen LogP contribution in [0.1, 0.15) is 32.8 Å². The molecule has 1 aromatic carbocycles. The van der Waals surface area contributed by atoms with Gasteiger partial charge in [0.15, 0.2) is 0 Å². The van der Waals surface area contributed by atoms with Gasteiger partial charge in [0.25, 0.3) is 0 Å². The normalized spacial score (nSPS) is 18.8. The van der Waals surface area contributed by atoms with Gasteiger partial charge in [-0.3, -0.25) is 14.6 Å². The molecule has 0 saturated carbocycles. The first-order chi connectivity index (χ1) is 12.3. The van der Waals surface area contributed by atoms with Crippen LogP contribution >= 0.6 is 0 Å². The Hall–Kier alpha value is -1.97. The van der Waals surface area contributed by atoms with E-state index in [2.05, 4.69) is 21.2 Å². The summed E-state index contributed by atoms with van der Waals surface area (Å²) in [7, 11) is 0. The molecule has 1 saturated heterocycles. The van der Waals surface area contributed by atoms with Crippen LogP contribution in [0.25, 0.3) is 0 Å². The van der Waals surface area contributed by atoms with Crippen molar-refractivity contribution in [1.29, 1.82) is 5.26 Å². The van der Waals surface area contributed by atoms with Crippen molar-refractivity contribution in [2.45, 2.75) is 39.3 Å². The summed E-state index contributed by atoms with van der Waals surface area (Å²) in [4.78, 5) is 16.7. The highest BCUT2D eigenvalue weighted by molar-refractivity contribution is 5.79. The van der Waals surface area contributed by atoms with E-state index in [0.717, 1.165) is 32.6 Å². The van der Waals surface area contributed by atoms with Crippen molar-refractivity contribution in [3.8, 4) is 6.07 Å². The van der Waals surface area contributed by atoms with E-state index in [1.54, 1.807) is 13.0 Å². The van der Waals surface area contributed by atoms with Crippen LogP contribution in [0, 0.1) is 23.1 Å². The molecule has 0 bridgehead atoms. The summed E-state index contributed by atoms with van der Waals surface area (Å²) in [5.74, 6) is -0.250. The van der Waals surface area contributed by atoms with Crippen LogP contribution in [-0.4, -0.2) is 54.0 Å². The molecular formula is C20H29FN4O. The summed E-state index contributed by atoms with van der Waals surface area (Å²) in [6.45, 7) is 9.75. The number of halogens is 1. The van der Waals surface area contributed by atoms with E-state index in [0.29, 0.717) is 12.1 Å². The lowest BCUT2D eigenvalue weighted by molar-refractivity contribution is -0.123. The molecule has 142 valence electrons. The van der Waals surface area contributed by atoms with E-state index < -0.39 is 5.54 Å². The van der Waals surface area contributed by atoms with E-state index in [9.17, 15) is 14.4 Å². The minimum Gasteiger partial charge on any atom is -0.337 e. The van der Waals surface area contributed by atoms with Crippen LogP contribution in [0.15, 0.2) is 24.3 Å². The lowest BCUT2D eigenvalue weighted by Gasteiger charge is -2.29. The monoisotopic (exact) mass is 360 g/mol. The summed E-state index contributed by atoms with van der Waals surface area (Å²) < 4.78 is 13.8. The Bertz CT molecular complexity index is 657. The summed E-state index contributed by atoms with van der Waals surface area (Å²) >= 11 is 0. The van der Waals surface area contributed by atoms with E-state index in [4.69, 9.17) is 0 Å². The Morgan fingerprint density at radius 2 is 1.92 bits per heavy atom. The molecule has 1 aliphatic rings. The first kappa shape index (κ1) is 20.3. The van der Waals surface area contributed by atoms with Crippen molar-refractivity contribution in [2.24, 2.45) is 5.92 Å². The first-order valence-electron chi connectivity index (χ1n) is 9.24. The zero-order chi connectivity index (χ0) is 19.2. The fourth-order valence-corrected chi connectivity index (χ4v) is 3.04. The number of hydrogen-bond acceptors (Lipinski definition) is 4. The van der Waals surface area contributed by atoms with E-state index >= 15 is 0 Å². The van der Waals surface area contributed by atoms with Gasteiger partial charge < -0.3 is 5.32 Å². The minimum atomic E-state index is -0.847. The maximum atomic E-state index is 13.8. The number of benzene rings is 1. The fraction of sp³-hybridized carbons (Fsp3) is 0.600. The second-order valence-electron chi connectivity index (χ2n) is 7.51. The lowest BCUT2D eigenvalue weighted by Crippen LogP contribution is -2.52. The molecule has 6 heteroatoms. The van der Waals surface area contributed by atoms with Crippen molar-refractivity contribution in [3.05, 3.63) is 35.6 Å². The summed E-state index contributed by atoms with van der Waals surface area (Å²) in [6.07, 6.45) is 0.932. The third-order valence-electron chi connectivity index (χ3n) is 5.19. The molecule has 1 fully saturated rings. The van der Waals surface area contributed by atoms with E-state index in [-0.39, 0.29) is 24.2 Å². The highest BCUT2D eigenvalue weighted by Gasteiger charge is 2.30. The fourth-order valence-electron chi connectivity index (χ4n) is 3.04. The third-order valence-corrected chi connectivity index (χ3v) is 5.19. The number of hydrogen-bond donors (Lipinski definition) is 1. The average molecular weight is 360 g/mol. The van der Waals surface area contributed by atoms with Crippen LogP contribution in [0.5, 0.6) is 0 Å². The molecule has 0 spiro atoms. The molecule has 1 amide bonds. The molecule has 26 heavy (non-hydrogen) atoms. The second kappa shape index (κ2) is 9.11. The van der Waals surface area contributed by atoms with Gasteiger partial charge in [0.2, 0.25) is 5.91 Å². The zero-order valence-corrected chi connectivity index (χ0v) is 16.0. The number of nitriles is 1. The summed E-state index contributed by atoms with van der Waals surface area (Å²) in [6, 6.07) is 9.07. The molecular weight excluding hydrogens is 331 g/mol. The predicted octanol–water partition coefficient (Wildman–Crippen LogP) is 2.39. The van der Waals surface area contributed by atoms with Crippen LogP contribution in [0.4, 0.5) is 4.39 Å². The first-order valence-corrected chi connectivity index (χ1v) is 9.24. The summed E-state index contributed by atoms with van der Waals surface area (Å²) in [5, 5.41) is 12.2. The SMILES string of the molecule is CC(C)[C@@](C)(C#N)NC(=O)CN1CCCN(Cc2ccccc2F)CC1. The minimum absolute atomic E-state index is 0.0387. The van der Waals surface area contributed by atoms with Gasteiger partial charge in [-0.05, 0) is 38.4 Å². The van der Waals surface area contributed by atoms with Crippen molar-refractivity contribution in [1.82, 2.24) is 15.1 Å². The molecule has 2 rings (SSSR count). The molecule has 5 nitrogen and oxygen atoms in total. The molecule has 0 aromatic heterocycles. The highest BCUT2D eigenvalue weighted by Crippen LogP contribution is 2.15. The number of rotatable bonds is 6. The summed E-state index contributed by atoms with van der Waals surface area (Å²) in [5.41, 5.74) is -0.139. The second-order valence-corrected chi connectivity index (χ2v) is 7.51. The van der Waals surface area contributed by atoms with Crippen LogP contribution < -0.4 is 5.32 Å². The Labute approximate surface area is 155 Å². The molecule has 1 aliphatic heterocycles. The van der Waals surface area contributed by atoms with Crippen molar-refractivity contribution < 1.29 is 9.18 Å². The standard InChI is InChI=1S/C20H29FN4O/c1-16(2)20(3,15-22)23-19(26)14-25-10-6-9-24(11-12-25)13-17-7-4-5-8-18(17)21/h4-5,7-8,16H,6,9-14H2,1-3H3,(H,23,26)/t20-/m1/s1. The van der Waals surface area contributed by atoms with Crippen molar-refractivity contribution >= 4 is 5.91 Å². The number of nitrogens with one attached hydrogen (secondary N) is 1. The number of nitrogens with zero attached hydrogens (tertiary/aromatic N) is 3. The molecule has 1 N–H and O–H groups in total. The van der Waals surface area contributed by atoms with E-state index in [1.807, 2.05) is 26.0 Å². The Balaban J connectivity index is 1.86. The van der Waals surface area contributed by atoms with Gasteiger partial charge in [-0.15, -0.1) is 0 Å². The molecule has 0 unspecified atom stereocenters. The van der Waals surface area contributed by atoms with Crippen LogP contribution in [-0.2, 0) is 11.3 Å². The van der Waals surface area contributed by atoms with Crippen molar-refractivity contribution in [2.75, 3.05) is 32.7 Å². The van der Waals surface area contributed by atoms with Gasteiger partial charge in [0.05, 0.1) is 12.6 Å². The lowest BCUT2D eigenvalue weighted by atomic mass is 9.90. The maximum absolute atomic E-state index is 13.8. The van der Waals surface area contributed by atoms with Gasteiger partial charge in [0.1, 0.15) is 11.4 Å². The molecule has 0 aliphatic carbocycles. The Morgan fingerprint density at radius 1 is 1.27 bits per heavy atom. The predicted molar refractivity (Wildman–Crippen MR) is 99.7 cm³/mol. The topological polar surface area (TPSA) is 59.4 Å². The quantitative estimate of drug-likeness (QED) is 0.846. The number of carbonyl (C=O) groups is 1. The van der Waals surface area contributed by atoms with Gasteiger partial charge in [0, 0.05) is 25.2 Å². The third kappa shape index (κ3) is 5.52. The Morgan fingerprint density at radius 3 is 2.58 bits per heavy atom. The largest absolute Gasteiger partial charge is 0.337 e. The van der Waals surface area contributed by atoms with Crippen LogP contribution in [0.2, 0.25) is 0 Å². The molecule has 1 atom stereocenters. The molecule has 1 aromatic rings. The van der Waals surface area contributed by atoms with Crippen LogP contribution in [0.3, 0.4) is 0 Å². The van der Waals surface area contributed by atoms with Gasteiger partial charge >= 0.3 is 0 Å². The maximum Gasteiger partial charge on any atom is 0.235 e. The average Bonchev–Trinajstić information content (AvgIpc) is 2.82. The highest BCUT2D eigenvalue weighted by atomic mass is 19.1. The molecule has 1 heterocycles. The van der Waals surface area contributed by atoms with E-state index in [1.165, 1.54) is 6.07 Å². The zero-order valence-electron chi connectivity index (χ0n) is 16.0. The number of amides is 1. The van der Waals surface area contributed by atoms with Gasteiger partial charge in [-0.25, -0.2) is 4.39 Å². The van der Waals surface area contributed by atoms with Crippen molar-refractivity contribution in [3.63, 3.8) is 0 Å². The smallest absolute Gasteiger partial charge is 0.235 e. The molecule has 0 radical (unpaired) electrons. The number of carbonyl (C=O) groups excluding carboxylic acids is 1.